The largest absolute Gasteiger partial charge is 0.367 e. The SMILES string of the molecule is Nc1onc(-c2cccc(=O)[nH]2)c1-c1ccncc1. The molecule has 3 aromatic heterocycles. The van der Waals surface area contributed by atoms with Crippen molar-refractivity contribution in [3.63, 3.8) is 0 Å². The summed E-state index contributed by atoms with van der Waals surface area (Å²) in [7, 11) is 0. The lowest BCUT2D eigenvalue weighted by atomic mass is 10.1. The molecule has 0 spiro atoms. The number of nitrogens with two attached hydrogens (primary N) is 1. The molecule has 0 saturated carbocycles. The summed E-state index contributed by atoms with van der Waals surface area (Å²) in [4.78, 5) is 18.0. The number of rotatable bonds is 2. The second-order valence-electron chi connectivity index (χ2n) is 3.94. The van der Waals surface area contributed by atoms with Gasteiger partial charge in [-0.1, -0.05) is 11.2 Å². The van der Waals surface area contributed by atoms with Crippen molar-refractivity contribution < 1.29 is 4.52 Å². The Hall–Kier alpha value is -2.89. The summed E-state index contributed by atoms with van der Waals surface area (Å²) in [6.07, 6.45) is 3.30. The van der Waals surface area contributed by atoms with E-state index in [2.05, 4.69) is 15.1 Å². The number of aromatic nitrogens is 3. The van der Waals surface area contributed by atoms with Crippen molar-refractivity contribution in [1.29, 1.82) is 0 Å². The lowest BCUT2D eigenvalue weighted by Gasteiger charge is -2.01. The summed E-state index contributed by atoms with van der Waals surface area (Å²) >= 11 is 0. The summed E-state index contributed by atoms with van der Waals surface area (Å²) < 4.78 is 5.03. The first-order valence-corrected chi connectivity index (χ1v) is 5.61. The molecule has 0 unspecified atom stereocenters. The highest BCUT2D eigenvalue weighted by molar-refractivity contribution is 5.85. The average Bonchev–Trinajstić information content (AvgIpc) is 2.82. The Bertz CT molecular complexity index is 762. The number of hydrogen-bond acceptors (Lipinski definition) is 5. The third kappa shape index (κ3) is 1.99. The van der Waals surface area contributed by atoms with E-state index in [9.17, 15) is 4.79 Å². The van der Waals surface area contributed by atoms with E-state index in [1.54, 1.807) is 36.7 Å². The molecule has 19 heavy (non-hydrogen) atoms. The van der Waals surface area contributed by atoms with Crippen molar-refractivity contribution in [1.82, 2.24) is 15.1 Å². The average molecular weight is 254 g/mol. The predicted octanol–water partition coefficient (Wildman–Crippen LogP) is 1.67. The van der Waals surface area contributed by atoms with Crippen LogP contribution in [0.1, 0.15) is 0 Å². The fourth-order valence-electron chi connectivity index (χ4n) is 1.87. The van der Waals surface area contributed by atoms with Gasteiger partial charge in [0.25, 0.3) is 0 Å². The van der Waals surface area contributed by atoms with Crippen molar-refractivity contribution in [2.75, 3.05) is 5.73 Å². The van der Waals surface area contributed by atoms with Gasteiger partial charge in [0.1, 0.15) is 5.69 Å². The van der Waals surface area contributed by atoms with Gasteiger partial charge in [-0.3, -0.25) is 9.78 Å². The molecule has 6 heteroatoms. The molecule has 3 aromatic rings. The summed E-state index contributed by atoms with van der Waals surface area (Å²) in [5, 5.41) is 3.91. The van der Waals surface area contributed by atoms with E-state index < -0.39 is 0 Å². The molecule has 0 aliphatic carbocycles. The van der Waals surface area contributed by atoms with Crippen molar-refractivity contribution in [3.05, 3.63) is 53.1 Å². The summed E-state index contributed by atoms with van der Waals surface area (Å²) in [5.74, 6) is 0.200. The maximum atomic E-state index is 11.4. The Morgan fingerprint density at radius 1 is 1.16 bits per heavy atom. The number of nitrogen functional groups attached to an aromatic ring is 1. The predicted molar refractivity (Wildman–Crippen MR) is 70.2 cm³/mol. The van der Waals surface area contributed by atoms with Crippen LogP contribution in [0.5, 0.6) is 0 Å². The van der Waals surface area contributed by atoms with E-state index in [0.717, 1.165) is 5.56 Å². The van der Waals surface area contributed by atoms with Gasteiger partial charge in [0.2, 0.25) is 11.4 Å². The quantitative estimate of drug-likeness (QED) is 0.725. The molecule has 0 bridgehead atoms. The van der Waals surface area contributed by atoms with E-state index >= 15 is 0 Å². The molecule has 3 N–H and O–H groups in total. The summed E-state index contributed by atoms with van der Waals surface area (Å²) in [6, 6.07) is 8.42. The van der Waals surface area contributed by atoms with Gasteiger partial charge in [-0.15, -0.1) is 0 Å². The van der Waals surface area contributed by atoms with E-state index in [1.807, 2.05) is 0 Å². The first-order chi connectivity index (χ1) is 9.25. The van der Waals surface area contributed by atoms with Crippen molar-refractivity contribution in [2.24, 2.45) is 0 Å². The van der Waals surface area contributed by atoms with Crippen LogP contribution < -0.4 is 11.3 Å². The number of pyridine rings is 2. The lowest BCUT2D eigenvalue weighted by Crippen LogP contribution is -2.04. The Kier molecular flexibility index (Phi) is 2.60. The van der Waals surface area contributed by atoms with Gasteiger partial charge in [0.05, 0.1) is 11.3 Å². The lowest BCUT2D eigenvalue weighted by molar-refractivity contribution is 0.439. The molecular formula is C13H10N4O2. The molecule has 6 nitrogen and oxygen atoms in total. The topological polar surface area (TPSA) is 97.8 Å². The van der Waals surface area contributed by atoms with Crippen LogP contribution in [-0.2, 0) is 0 Å². The van der Waals surface area contributed by atoms with Gasteiger partial charge in [-0.05, 0) is 23.8 Å². The van der Waals surface area contributed by atoms with Gasteiger partial charge >= 0.3 is 0 Å². The Labute approximate surface area is 107 Å². The van der Waals surface area contributed by atoms with Gasteiger partial charge in [-0.2, -0.15) is 0 Å². The molecule has 3 rings (SSSR count). The van der Waals surface area contributed by atoms with Crippen LogP contribution in [0, 0.1) is 0 Å². The molecule has 0 aliphatic rings. The minimum Gasteiger partial charge on any atom is -0.367 e. The van der Waals surface area contributed by atoms with Crippen LogP contribution in [0.2, 0.25) is 0 Å². The second kappa shape index (κ2) is 4.41. The molecule has 94 valence electrons. The highest BCUT2D eigenvalue weighted by atomic mass is 16.5. The van der Waals surface area contributed by atoms with E-state index in [4.69, 9.17) is 10.3 Å². The monoisotopic (exact) mass is 254 g/mol. The summed E-state index contributed by atoms with van der Waals surface area (Å²) in [6.45, 7) is 0. The molecule has 0 aromatic carbocycles. The van der Waals surface area contributed by atoms with E-state index in [-0.39, 0.29) is 11.4 Å². The number of nitrogens with one attached hydrogen (secondary N) is 1. The summed E-state index contributed by atoms with van der Waals surface area (Å²) in [5.41, 5.74) is 8.13. The third-order valence-electron chi connectivity index (χ3n) is 2.71. The number of hydrogen-bond donors (Lipinski definition) is 2. The van der Waals surface area contributed by atoms with Crippen molar-refractivity contribution in [2.45, 2.75) is 0 Å². The molecule has 0 atom stereocenters. The zero-order valence-electron chi connectivity index (χ0n) is 9.83. The van der Waals surface area contributed by atoms with Gasteiger partial charge in [-0.25, -0.2) is 0 Å². The van der Waals surface area contributed by atoms with Crippen LogP contribution >= 0.6 is 0 Å². The van der Waals surface area contributed by atoms with Gasteiger partial charge in [0, 0.05) is 18.5 Å². The standard InChI is InChI=1S/C13H10N4O2/c14-13-11(8-4-6-15-7-5-8)12(17-19-13)9-2-1-3-10(18)16-9/h1-7H,14H2,(H,16,18). The molecule has 0 fully saturated rings. The number of anilines is 1. The first kappa shape index (κ1) is 11.2. The molecule has 0 saturated heterocycles. The first-order valence-electron chi connectivity index (χ1n) is 5.61. The van der Waals surface area contributed by atoms with Crippen LogP contribution in [-0.4, -0.2) is 15.1 Å². The Balaban J connectivity index is 2.22. The highest BCUT2D eigenvalue weighted by Crippen LogP contribution is 2.34. The van der Waals surface area contributed by atoms with Crippen LogP contribution in [0.15, 0.2) is 52.0 Å². The van der Waals surface area contributed by atoms with E-state index in [1.165, 1.54) is 6.07 Å². The maximum Gasteiger partial charge on any atom is 0.248 e. The van der Waals surface area contributed by atoms with Crippen LogP contribution in [0.3, 0.4) is 0 Å². The van der Waals surface area contributed by atoms with Crippen LogP contribution in [0.25, 0.3) is 22.5 Å². The fourth-order valence-corrected chi connectivity index (χ4v) is 1.87. The van der Waals surface area contributed by atoms with Crippen molar-refractivity contribution >= 4 is 5.88 Å². The molecule has 0 radical (unpaired) electrons. The zero-order chi connectivity index (χ0) is 13.2. The van der Waals surface area contributed by atoms with Gasteiger partial charge in [0.15, 0.2) is 0 Å². The molecule has 0 aliphatic heterocycles. The second-order valence-corrected chi connectivity index (χ2v) is 3.94. The van der Waals surface area contributed by atoms with E-state index in [0.29, 0.717) is 17.0 Å². The minimum atomic E-state index is -0.209. The fraction of sp³-hybridized carbons (Fsp3) is 0. The third-order valence-corrected chi connectivity index (χ3v) is 2.71. The molecule has 3 heterocycles. The maximum absolute atomic E-state index is 11.4. The number of H-pyrrole nitrogens is 1. The normalized spacial score (nSPS) is 10.5. The number of aromatic amines is 1. The minimum absolute atomic E-state index is 0.200. The van der Waals surface area contributed by atoms with Gasteiger partial charge < -0.3 is 15.2 Å². The smallest absolute Gasteiger partial charge is 0.248 e. The van der Waals surface area contributed by atoms with Crippen molar-refractivity contribution in [3.8, 4) is 22.5 Å². The molecular weight excluding hydrogens is 244 g/mol. The number of nitrogens with zero attached hydrogens (tertiary/aromatic N) is 2. The Morgan fingerprint density at radius 3 is 2.68 bits per heavy atom. The Morgan fingerprint density at radius 2 is 1.95 bits per heavy atom. The highest BCUT2D eigenvalue weighted by Gasteiger charge is 2.17. The van der Waals surface area contributed by atoms with Crippen LogP contribution in [0.4, 0.5) is 5.88 Å². The molecule has 0 amide bonds. The zero-order valence-corrected chi connectivity index (χ0v) is 9.83.